The van der Waals surface area contributed by atoms with Crippen molar-refractivity contribution in [3.05, 3.63) is 6.07 Å². The Bertz CT molecular complexity index is 776. The summed E-state index contributed by atoms with van der Waals surface area (Å²) in [6, 6.07) is 2.20. The summed E-state index contributed by atoms with van der Waals surface area (Å²) in [5.41, 5.74) is 0. The van der Waals surface area contributed by atoms with E-state index in [1.807, 2.05) is 0 Å². The van der Waals surface area contributed by atoms with E-state index in [4.69, 9.17) is 17.4 Å². The van der Waals surface area contributed by atoms with Gasteiger partial charge in [0.15, 0.2) is 0 Å². The molecule has 2 N–H and O–H groups in total. The molecule has 2 rings (SSSR count). The Hall–Kier alpha value is -0.0531. The van der Waals surface area contributed by atoms with Gasteiger partial charge in [-0.05, 0) is 25.8 Å². The van der Waals surface area contributed by atoms with Crippen LogP contribution in [0.5, 0.6) is 0 Å². The second kappa shape index (κ2) is 12.3. The quantitative estimate of drug-likeness (QED) is 0.130. The fourth-order valence-electron chi connectivity index (χ4n) is 2.75. The topological polar surface area (TPSA) is 108 Å². The number of nitrogens with zero attached hydrogens (tertiary/aromatic N) is 4. The molecule has 0 radical (unpaired) electrons. The van der Waals surface area contributed by atoms with Crippen LogP contribution in [0.3, 0.4) is 0 Å². The molecule has 0 bridgehead atoms. The third kappa shape index (κ3) is 8.47. The van der Waals surface area contributed by atoms with Gasteiger partial charge in [-0.3, -0.25) is 0 Å². The Morgan fingerprint density at radius 2 is 1.97 bits per heavy atom. The van der Waals surface area contributed by atoms with E-state index in [0.717, 1.165) is 23.2 Å². The van der Waals surface area contributed by atoms with Crippen LogP contribution in [0.15, 0.2) is 11.2 Å². The van der Waals surface area contributed by atoms with E-state index in [1.165, 1.54) is 10.4 Å². The van der Waals surface area contributed by atoms with Gasteiger partial charge in [0.25, 0.3) is 0 Å². The van der Waals surface area contributed by atoms with Crippen LogP contribution in [-0.4, -0.2) is 74.9 Å². The minimum atomic E-state index is -3.80. The van der Waals surface area contributed by atoms with Gasteiger partial charge in [-0.1, -0.05) is 19.6 Å². The molecule has 0 aliphatic carbocycles. The molecule has 1 atom stereocenters. The summed E-state index contributed by atoms with van der Waals surface area (Å²) in [7, 11) is -5.10. The summed E-state index contributed by atoms with van der Waals surface area (Å²) in [4.78, 5) is 8.31. The smallest absolute Gasteiger partial charge is 0.740 e. The van der Waals surface area contributed by atoms with Crippen LogP contribution < -0.4 is 39.2 Å². The summed E-state index contributed by atoms with van der Waals surface area (Å²) in [6.45, 7) is 9.71. The standard InChI is InChI=1S/C17H33N5O4S2Si.Na/c1-14(12-23)18-15-11-16(20-17(27)19-15)22(13-26-9-10-29(2,3)4)28(24,25)21-7-5-6-8-21;/h11,14,23H,5-10,12-13H2,1-4H3,(H2,18,19,20,27);/q;+1/p-1/t14-;/m1./s1. The molecule has 0 amide bonds. The average Bonchev–Trinajstić information content (AvgIpc) is 3.15. The van der Waals surface area contributed by atoms with Gasteiger partial charge in [-0.25, -0.2) is 14.3 Å². The zero-order valence-corrected chi connectivity index (χ0v) is 23.2. The first-order chi connectivity index (χ1) is 13.5. The summed E-state index contributed by atoms with van der Waals surface area (Å²) < 4.78 is 34.9. The third-order valence-corrected chi connectivity index (χ3v) is 8.24. The zero-order chi connectivity index (χ0) is 21.7. The number of rotatable bonds is 11. The van der Waals surface area contributed by atoms with Crippen molar-refractivity contribution in [1.29, 1.82) is 0 Å². The number of hydrogen-bond acceptors (Lipinski definition) is 8. The first kappa shape index (κ1) is 28.0. The molecule has 13 heteroatoms. The molecule has 30 heavy (non-hydrogen) atoms. The number of aromatic nitrogens is 2. The van der Waals surface area contributed by atoms with E-state index in [9.17, 15) is 13.5 Å². The van der Waals surface area contributed by atoms with Gasteiger partial charge < -0.3 is 27.8 Å². The first-order valence-corrected chi connectivity index (χ1v) is 15.3. The van der Waals surface area contributed by atoms with Crippen molar-refractivity contribution in [2.45, 2.75) is 56.6 Å². The molecule has 1 aromatic rings. The minimum absolute atomic E-state index is 0. The van der Waals surface area contributed by atoms with Crippen LogP contribution in [0.4, 0.5) is 11.6 Å². The molecule has 9 nitrogen and oxygen atoms in total. The van der Waals surface area contributed by atoms with E-state index >= 15 is 0 Å². The number of aliphatic hydroxyl groups excluding tert-OH is 1. The van der Waals surface area contributed by atoms with Gasteiger partial charge in [0.05, 0.1) is 6.61 Å². The van der Waals surface area contributed by atoms with Crippen molar-refractivity contribution < 1.29 is 47.8 Å². The zero-order valence-electron chi connectivity index (χ0n) is 18.6. The van der Waals surface area contributed by atoms with Crippen LogP contribution in [0.2, 0.25) is 25.7 Å². The molecule has 1 aliphatic heterocycles. The molecule has 1 saturated heterocycles. The number of anilines is 2. The van der Waals surface area contributed by atoms with Crippen molar-refractivity contribution in [3.63, 3.8) is 0 Å². The van der Waals surface area contributed by atoms with Gasteiger partial charge in [0, 0.05) is 45.0 Å². The van der Waals surface area contributed by atoms with Gasteiger partial charge in [0.2, 0.25) is 0 Å². The molecule has 2 heterocycles. The summed E-state index contributed by atoms with van der Waals surface area (Å²) in [5.74, 6) is 0.530. The normalized spacial score (nSPS) is 16.2. The maximum Gasteiger partial charge on any atom is 1.00 e. The monoisotopic (exact) mass is 485 g/mol. The Kier molecular flexibility index (Phi) is 11.4. The number of ether oxygens (including phenoxy) is 1. The maximum absolute atomic E-state index is 13.3. The van der Waals surface area contributed by atoms with Gasteiger partial charge in [-0.15, -0.1) is 0 Å². The fourth-order valence-corrected chi connectivity index (χ4v) is 5.23. The number of hydrogen-bond donors (Lipinski definition) is 2. The number of nitrogens with one attached hydrogen (secondary N) is 1. The Balaban J connectivity index is 0.00000450. The predicted molar refractivity (Wildman–Crippen MR) is 119 cm³/mol. The molecule has 0 aromatic carbocycles. The van der Waals surface area contributed by atoms with E-state index in [-0.39, 0.29) is 59.9 Å². The second-order valence-corrected chi connectivity index (χ2v) is 16.3. The molecule has 1 fully saturated rings. The van der Waals surface area contributed by atoms with Crippen LogP contribution in [0.25, 0.3) is 0 Å². The fraction of sp³-hybridized carbons (Fsp3) is 0.765. The van der Waals surface area contributed by atoms with E-state index < -0.39 is 18.3 Å². The van der Waals surface area contributed by atoms with Crippen LogP contribution >= 0.6 is 0 Å². The largest absolute Gasteiger partial charge is 1.00 e. The van der Waals surface area contributed by atoms with Gasteiger partial charge >= 0.3 is 39.8 Å². The average molecular weight is 486 g/mol. The van der Waals surface area contributed by atoms with Crippen molar-refractivity contribution in [1.82, 2.24) is 14.3 Å². The van der Waals surface area contributed by atoms with Gasteiger partial charge in [-0.2, -0.15) is 12.7 Å². The minimum Gasteiger partial charge on any atom is -0.740 e. The van der Waals surface area contributed by atoms with Crippen LogP contribution in [-0.2, 0) is 27.6 Å². The van der Waals surface area contributed by atoms with E-state index in [0.29, 0.717) is 25.5 Å². The second-order valence-electron chi connectivity index (χ2n) is 8.43. The van der Waals surface area contributed by atoms with E-state index in [2.05, 4.69) is 34.9 Å². The van der Waals surface area contributed by atoms with Crippen molar-refractivity contribution in [2.75, 3.05) is 42.7 Å². The molecular formula is C17H32N5NaO4S2Si. The molecule has 166 valence electrons. The number of aliphatic hydroxyl groups is 1. The van der Waals surface area contributed by atoms with Crippen LogP contribution in [0.1, 0.15) is 19.8 Å². The van der Waals surface area contributed by atoms with Crippen LogP contribution in [0, 0.1) is 0 Å². The van der Waals surface area contributed by atoms with Gasteiger partial charge in [0.1, 0.15) is 18.4 Å². The molecule has 1 aromatic heterocycles. The van der Waals surface area contributed by atoms with Crippen molar-refractivity contribution in [3.8, 4) is 0 Å². The Morgan fingerprint density at radius 1 is 1.33 bits per heavy atom. The Labute approximate surface area is 208 Å². The predicted octanol–water partition coefficient (Wildman–Crippen LogP) is -1.36. The maximum atomic E-state index is 13.3. The van der Waals surface area contributed by atoms with Crippen molar-refractivity contribution in [2.24, 2.45) is 0 Å². The molecular weight excluding hydrogens is 453 g/mol. The summed E-state index contributed by atoms with van der Waals surface area (Å²) >= 11 is 5.14. The Morgan fingerprint density at radius 3 is 2.53 bits per heavy atom. The molecule has 0 spiro atoms. The summed E-state index contributed by atoms with van der Waals surface area (Å²) in [5, 5.41) is 12.3. The first-order valence-electron chi connectivity index (χ1n) is 9.82. The molecule has 1 aliphatic rings. The summed E-state index contributed by atoms with van der Waals surface area (Å²) in [6.07, 6.45) is 1.67. The molecule has 0 saturated carbocycles. The van der Waals surface area contributed by atoms with Crippen molar-refractivity contribution >= 4 is 42.5 Å². The molecule has 0 unspecified atom stereocenters. The SMILES string of the molecule is C[C@H](CO)Nc1cc(N(COCC[Si](C)(C)C)S(=O)(=O)N2CCCC2)nc([S-])n1.[Na+]. The van der Waals surface area contributed by atoms with E-state index in [1.54, 1.807) is 6.92 Å². The third-order valence-electron chi connectivity index (χ3n) is 4.49.